The molecule has 6 nitrogen and oxygen atoms in total. The van der Waals surface area contributed by atoms with E-state index in [-0.39, 0.29) is 11.3 Å². The van der Waals surface area contributed by atoms with E-state index in [1.165, 1.54) is 0 Å². The number of amides is 2. The van der Waals surface area contributed by atoms with Gasteiger partial charge in [-0.2, -0.15) is 0 Å². The summed E-state index contributed by atoms with van der Waals surface area (Å²) >= 11 is 0. The first-order chi connectivity index (χ1) is 10.2. The molecule has 8 heteroatoms. The third-order valence-electron chi connectivity index (χ3n) is 2.25. The van der Waals surface area contributed by atoms with Gasteiger partial charge in [0.25, 0.3) is 5.92 Å². The highest BCUT2D eigenvalue weighted by Crippen LogP contribution is 2.24. The highest BCUT2D eigenvalue weighted by atomic mass is 19.3. The van der Waals surface area contributed by atoms with Gasteiger partial charge in [-0.1, -0.05) is 0 Å². The molecule has 0 heterocycles. The molecule has 0 N–H and O–H groups in total. The van der Waals surface area contributed by atoms with Crippen LogP contribution in [0.25, 0.3) is 0 Å². The molecule has 2 amide bonds. The van der Waals surface area contributed by atoms with Crippen LogP contribution < -0.4 is 0 Å². The van der Waals surface area contributed by atoms with Gasteiger partial charge in [-0.05, 0) is 41.5 Å². The van der Waals surface area contributed by atoms with Crippen molar-refractivity contribution in [2.24, 2.45) is 0 Å². The van der Waals surface area contributed by atoms with Crippen molar-refractivity contribution in [2.45, 2.75) is 71.5 Å². The summed E-state index contributed by atoms with van der Waals surface area (Å²) in [5, 5.41) is 0. The first-order valence-corrected chi connectivity index (χ1v) is 7.22. The summed E-state index contributed by atoms with van der Waals surface area (Å²) in [5.41, 5.74) is -1.93. The number of aldehydes is 1. The van der Waals surface area contributed by atoms with Crippen LogP contribution in [0.15, 0.2) is 0 Å². The molecule has 0 spiro atoms. The van der Waals surface area contributed by atoms with Crippen molar-refractivity contribution < 1.29 is 32.6 Å². The zero-order chi connectivity index (χ0) is 18.5. The molecular weight excluding hydrogens is 312 g/mol. The minimum atomic E-state index is -3.42. The number of hydrogen-bond donors (Lipinski definition) is 0. The van der Waals surface area contributed by atoms with E-state index < -0.39 is 42.3 Å². The Labute approximate surface area is 135 Å². The molecule has 0 saturated carbocycles. The molecule has 0 aliphatic carbocycles. The Hall–Kier alpha value is -1.73. The Morgan fingerprint density at radius 3 is 1.65 bits per heavy atom. The summed E-state index contributed by atoms with van der Waals surface area (Å²) in [7, 11) is 0. The fourth-order valence-electron chi connectivity index (χ4n) is 1.42. The van der Waals surface area contributed by atoms with E-state index in [2.05, 4.69) is 0 Å². The molecule has 0 rings (SSSR count). The molecule has 23 heavy (non-hydrogen) atoms. The van der Waals surface area contributed by atoms with Crippen LogP contribution in [0.3, 0.4) is 0 Å². The average molecular weight is 337 g/mol. The topological polar surface area (TPSA) is 72.9 Å². The monoisotopic (exact) mass is 337 g/mol. The predicted octanol–water partition coefficient (Wildman–Crippen LogP) is 3.77. The number of alkyl halides is 2. The second-order valence-corrected chi connectivity index (χ2v) is 7.11. The summed E-state index contributed by atoms with van der Waals surface area (Å²) in [5.74, 6) is -3.42. The summed E-state index contributed by atoms with van der Waals surface area (Å²) in [6.07, 6.45) is -3.27. The van der Waals surface area contributed by atoms with Gasteiger partial charge in [0.1, 0.15) is 17.5 Å². The van der Waals surface area contributed by atoms with E-state index >= 15 is 0 Å². The lowest BCUT2D eigenvalue weighted by atomic mass is 10.2. The zero-order valence-corrected chi connectivity index (χ0v) is 14.4. The van der Waals surface area contributed by atoms with Crippen LogP contribution in [0.4, 0.5) is 18.4 Å². The highest BCUT2D eigenvalue weighted by molar-refractivity contribution is 5.88. The summed E-state index contributed by atoms with van der Waals surface area (Å²) in [6.45, 7) is 8.05. The lowest BCUT2D eigenvalue weighted by Crippen LogP contribution is -2.48. The van der Waals surface area contributed by atoms with Gasteiger partial charge in [-0.15, -0.1) is 0 Å². The number of carbonyl (C=O) groups is 3. The minimum absolute atomic E-state index is 0.224. The second-order valence-electron chi connectivity index (χ2n) is 7.11. The third kappa shape index (κ3) is 9.80. The molecule has 0 aromatic heterocycles. The standard InChI is InChI=1S/C15H25F2NO5/c1-13(2,3)22-11(20)18(12(21)23-14(4,5)6)10-15(16,17)8-7-9-19/h9H,7-8,10H2,1-6H3. The smallest absolute Gasteiger partial charge is 0.420 e. The van der Waals surface area contributed by atoms with Crippen LogP contribution in [0.5, 0.6) is 0 Å². The minimum Gasteiger partial charge on any atom is -0.443 e. The molecule has 0 unspecified atom stereocenters. The Kier molecular flexibility index (Phi) is 7.12. The quantitative estimate of drug-likeness (QED) is 0.714. The van der Waals surface area contributed by atoms with Crippen LogP contribution in [0, 0.1) is 0 Å². The third-order valence-corrected chi connectivity index (χ3v) is 2.25. The maximum Gasteiger partial charge on any atom is 0.420 e. The van der Waals surface area contributed by atoms with Crippen molar-refractivity contribution >= 4 is 18.5 Å². The molecule has 0 aromatic rings. The number of rotatable bonds is 5. The van der Waals surface area contributed by atoms with Gasteiger partial charge in [-0.25, -0.2) is 23.3 Å². The van der Waals surface area contributed by atoms with Crippen LogP contribution in [-0.4, -0.2) is 47.0 Å². The Bertz CT molecular complexity index is 410. The Morgan fingerprint density at radius 1 is 0.957 bits per heavy atom. The van der Waals surface area contributed by atoms with Crippen molar-refractivity contribution in [2.75, 3.05) is 6.54 Å². The fourth-order valence-corrected chi connectivity index (χ4v) is 1.42. The number of halogens is 2. The second kappa shape index (κ2) is 7.70. The number of ether oxygens (including phenoxy) is 2. The van der Waals surface area contributed by atoms with Gasteiger partial charge in [0.15, 0.2) is 0 Å². The summed E-state index contributed by atoms with van der Waals surface area (Å²) in [6, 6.07) is 0. The largest absolute Gasteiger partial charge is 0.443 e. The molecule has 0 aromatic carbocycles. The molecule has 0 saturated heterocycles. The fraction of sp³-hybridized carbons (Fsp3) is 0.800. The Balaban J connectivity index is 5.25. The maximum absolute atomic E-state index is 13.8. The molecule has 0 radical (unpaired) electrons. The molecular formula is C15H25F2NO5. The van der Waals surface area contributed by atoms with Crippen LogP contribution in [0.1, 0.15) is 54.4 Å². The van der Waals surface area contributed by atoms with Gasteiger partial charge in [-0.3, -0.25) is 0 Å². The van der Waals surface area contributed by atoms with Gasteiger partial charge < -0.3 is 14.3 Å². The Morgan fingerprint density at radius 2 is 1.35 bits per heavy atom. The van der Waals surface area contributed by atoms with Crippen molar-refractivity contribution in [3.8, 4) is 0 Å². The molecule has 134 valence electrons. The van der Waals surface area contributed by atoms with Crippen molar-refractivity contribution in [1.29, 1.82) is 0 Å². The maximum atomic E-state index is 13.8. The highest BCUT2D eigenvalue weighted by Gasteiger charge is 2.40. The van der Waals surface area contributed by atoms with Gasteiger partial charge in [0, 0.05) is 12.8 Å². The van der Waals surface area contributed by atoms with Crippen LogP contribution in [0.2, 0.25) is 0 Å². The van der Waals surface area contributed by atoms with E-state index in [1.54, 1.807) is 41.5 Å². The van der Waals surface area contributed by atoms with Crippen molar-refractivity contribution in [3.05, 3.63) is 0 Å². The van der Waals surface area contributed by atoms with E-state index in [0.29, 0.717) is 6.29 Å². The number of nitrogens with zero attached hydrogens (tertiary/aromatic N) is 1. The van der Waals surface area contributed by atoms with Crippen LogP contribution in [-0.2, 0) is 14.3 Å². The van der Waals surface area contributed by atoms with Gasteiger partial charge in [0.2, 0.25) is 0 Å². The molecule has 0 aliphatic heterocycles. The van der Waals surface area contributed by atoms with E-state index in [4.69, 9.17) is 9.47 Å². The van der Waals surface area contributed by atoms with Gasteiger partial charge in [0.05, 0.1) is 6.54 Å². The number of hydrogen-bond acceptors (Lipinski definition) is 5. The van der Waals surface area contributed by atoms with Crippen LogP contribution >= 0.6 is 0 Å². The molecule has 0 fully saturated rings. The first kappa shape index (κ1) is 21.3. The molecule has 0 bridgehead atoms. The SMILES string of the molecule is CC(C)(C)OC(=O)N(CC(F)(F)CCC=O)C(=O)OC(C)(C)C. The average Bonchev–Trinajstić information content (AvgIpc) is 2.29. The van der Waals surface area contributed by atoms with Crippen molar-refractivity contribution in [1.82, 2.24) is 4.90 Å². The number of carbonyl (C=O) groups excluding carboxylic acids is 3. The van der Waals surface area contributed by atoms with Crippen molar-refractivity contribution in [3.63, 3.8) is 0 Å². The number of imide groups is 1. The van der Waals surface area contributed by atoms with E-state index in [0.717, 1.165) is 0 Å². The summed E-state index contributed by atoms with van der Waals surface area (Å²) in [4.78, 5) is 34.5. The van der Waals surface area contributed by atoms with E-state index in [1.807, 2.05) is 0 Å². The van der Waals surface area contributed by atoms with Gasteiger partial charge >= 0.3 is 12.2 Å². The molecule has 0 aliphatic rings. The molecule has 0 atom stereocenters. The zero-order valence-electron chi connectivity index (χ0n) is 14.4. The lowest BCUT2D eigenvalue weighted by Gasteiger charge is -2.30. The summed E-state index contributed by atoms with van der Waals surface area (Å²) < 4.78 is 37.6. The van der Waals surface area contributed by atoms with E-state index in [9.17, 15) is 23.2 Å². The predicted molar refractivity (Wildman–Crippen MR) is 79.4 cm³/mol. The normalized spacial score (nSPS) is 12.5. The first-order valence-electron chi connectivity index (χ1n) is 7.22. The lowest BCUT2D eigenvalue weighted by molar-refractivity contribution is -0.110.